The van der Waals surface area contributed by atoms with Crippen LogP contribution in [0, 0.1) is 17.5 Å². The van der Waals surface area contributed by atoms with Crippen LogP contribution in [-0.4, -0.2) is 11.2 Å². The monoisotopic (exact) mass is 190 g/mol. The number of hydrogen-bond donors (Lipinski definition) is 1. The summed E-state index contributed by atoms with van der Waals surface area (Å²) in [6.45, 7) is 1.38. The summed E-state index contributed by atoms with van der Waals surface area (Å²) in [5, 5.41) is 8.89. The van der Waals surface area contributed by atoms with Crippen LogP contribution in [0.25, 0.3) is 0 Å². The average molecular weight is 190 g/mol. The van der Waals surface area contributed by atoms with Gasteiger partial charge in [0.05, 0.1) is 6.10 Å². The summed E-state index contributed by atoms with van der Waals surface area (Å²) in [5.41, 5.74) is -0.407. The molecule has 0 saturated heterocycles. The molecule has 0 heterocycles. The molecule has 0 radical (unpaired) electrons. The first-order chi connectivity index (χ1) is 6.02. The summed E-state index contributed by atoms with van der Waals surface area (Å²) in [6, 6.07) is 1.56. The van der Waals surface area contributed by atoms with E-state index in [2.05, 4.69) is 0 Å². The molecule has 1 N–H and O–H groups in total. The lowest BCUT2D eigenvalue weighted by atomic mass is 10.1. The lowest BCUT2D eigenvalue weighted by molar-refractivity contribution is 0.192. The van der Waals surface area contributed by atoms with Crippen LogP contribution >= 0.6 is 0 Å². The largest absolute Gasteiger partial charge is 0.393 e. The van der Waals surface area contributed by atoms with Gasteiger partial charge in [-0.2, -0.15) is 0 Å². The van der Waals surface area contributed by atoms with Crippen molar-refractivity contribution >= 4 is 0 Å². The molecule has 0 aliphatic heterocycles. The average Bonchev–Trinajstić information content (AvgIpc) is 2.05. The highest BCUT2D eigenvalue weighted by Crippen LogP contribution is 2.17. The zero-order chi connectivity index (χ0) is 10.0. The smallest absolute Gasteiger partial charge is 0.165 e. The van der Waals surface area contributed by atoms with Crippen molar-refractivity contribution in [3.05, 3.63) is 35.1 Å². The van der Waals surface area contributed by atoms with Crippen molar-refractivity contribution in [2.45, 2.75) is 19.4 Å². The molecular formula is C9H9F3O. The number of rotatable bonds is 2. The van der Waals surface area contributed by atoms with Crippen LogP contribution in [0.2, 0.25) is 0 Å². The minimum atomic E-state index is -1.22. The molecule has 0 spiro atoms. The summed E-state index contributed by atoms with van der Waals surface area (Å²) >= 11 is 0. The third-order valence-electron chi connectivity index (χ3n) is 1.64. The molecule has 4 heteroatoms. The van der Waals surface area contributed by atoms with Gasteiger partial charge in [-0.25, -0.2) is 13.2 Å². The van der Waals surface area contributed by atoms with Crippen LogP contribution in [0.4, 0.5) is 13.2 Å². The van der Waals surface area contributed by atoms with E-state index in [1.165, 1.54) is 6.92 Å². The van der Waals surface area contributed by atoms with Crippen molar-refractivity contribution < 1.29 is 18.3 Å². The minimum Gasteiger partial charge on any atom is -0.393 e. The van der Waals surface area contributed by atoms with Gasteiger partial charge in [0.2, 0.25) is 0 Å². The summed E-state index contributed by atoms with van der Waals surface area (Å²) in [6.07, 6.45) is -1.12. The van der Waals surface area contributed by atoms with Crippen LogP contribution in [0.5, 0.6) is 0 Å². The topological polar surface area (TPSA) is 20.2 Å². The van der Waals surface area contributed by atoms with Crippen LogP contribution in [0.15, 0.2) is 12.1 Å². The van der Waals surface area contributed by atoms with E-state index in [9.17, 15) is 13.2 Å². The Kier molecular flexibility index (Phi) is 2.93. The van der Waals surface area contributed by atoms with E-state index in [0.29, 0.717) is 0 Å². The van der Waals surface area contributed by atoms with E-state index >= 15 is 0 Å². The zero-order valence-corrected chi connectivity index (χ0v) is 7.02. The molecule has 0 unspecified atom stereocenters. The molecule has 0 aliphatic rings. The normalized spacial score (nSPS) is 13.0. The Morgan fingerprint density at radius 2 is 1.77 bits per heavy atom. The van der Waals surface area contributed by atoms with Crippen molar-refractivity contribution in [3.8, 4) is 0 Å². The fraction of sp³-hybridized carbons (Fsp3) is 0.333. The third-order valence-corrected chi connectivity index (χ3v) is 1.64. The highest BCUT2D eigenvalue weighted by Gasteiger charge is 2.14. The van der Waals surface area contributed by atoms with Gasteiger partial charge in [-0.15, -0.1) is 0 Å². The third kappa shape index (κ3) is 2.21. The SMILES string of the molecule is C[C@H](O)Cc1c(F)ccc(F)c1F. The van der Waals surface area contributed by atoms with Gasteiger partial charge in [0, 0.05) is 12.0 Å². The molecule has 1 aromatic rings. The molecule has 1 nitrogen and oxygen atoms in total. The second-order valence-electron chi connectivity index (χ2n) is 2.87. The Labute approximate surface area is 73.8 Å². The Bertz CT molecular complexity index is 310. The Morgan fingerprint density at radius 3 is 2.31 bits per heavy atom. The van der Waals surface area contributed by atoms with E-state index in [1.807, 2.05) is 0 Å². The highest BCUT2D eigenvalue weighted by atomic mass is 19.2. The van der Waals surface area contributed by atoms with Gasteiger partial charge < -0.3 is 5.11 Å². The number of halogens is 3. The number of aliphatic hydroxyl groups excluding tert-OH is 1. The molecular weight excluding hydrogens is 181 g/mol. The van der Waals surface area contributed by atoms with Crippen molar-refractivity contribution in [2.75, 3.05) is 0 Å². The summed E-state index contributed by atoms with van der Waals surface area (Å²) in [5.74, 6) is -3.15. The predicted molar refractivity (Wildman–Crippen MR) is 41.7 cm³/mol. The van der Waals surface area contributed by atoms with Crippen molar-refractivity contribution in [1.29, 1.82) is 0 Å². The van der Waals surface area contributed by atoms with Crippen LogP contribution in [-0.2, 0) is 6.42 Å². The van der Waals surface area contributed by atoms with E-state index in [1.54, 1.807) is 0 Å². The molecule has 0 amide bonds. The fourth-order valence-electron chi connectivity index (χ4n) is 1.05. The second kappa shape index (κ2) is 3.79. The van der Waals surface area contributed by atoms with E-state index in [4.69, 9.17) is 5.11 Å². The van der Waals surface area contributed by atoms with Crippen molar-refractivity contribution in [3.63, 3.8) is 0 Å². The molecule has 72 valence electrons. The number of aliphatic hydroxyl groups is 1. The molecule has 1 rings (SSSR count). The Morgan fingerprint density at radius 1 is 1.23 bits per heavy atom. The highest BCUT2D eigenvalue weighted by molar-refractivity contribution is 5.21. The van der Waals surface area contributed by atoms with Gasteiger partial charge in [-0.05, 0) is 19.1 Å². The van der Waals surface area contributed by atoms with Gasteiger partial charge in [0.15, 0.2) is 11.6 Å². The lowest BCUT2D eigenvalue weighted by Crippen LogP contribution is -2.09. The maximum Gasteiger partial charge on any atom is 0.165 e. The number of benzene rings is 1. The molecule has 0 aliphatic carbocycles. The molecule has 13 heavy (non-hydrogen) atoms. The van der Waals surface area contributed by atoms with Crippen LogP contribution in [0.1, 0.15) is 12.5 Å². The summed E-state index contributed by atoms with van der Waals surface area (Å²) in [7, 11) is 0. The van der Waals surface area contributed by atoms with Crippen molar-refractivity contribution in [2.24, 2.45) is 0 Å². The van der Waals surface area contributed by atoms with Gasteiger partial charge in [0.25, 0.3) is 0 Å². The van der Waals surface area contributed by atoms with E-state index in [0.717, 1.165) is 12.1 Å². The maximum atomic E-state index is 12.9. The molecule has 0 aromatic heterocycles. The predicted octanol–water partition coefficient (Wildman–Crippen LogP) is 2.03. The molecule has 0 bridgehead atoms. The van der Waals surface area contributed by atoms with Crippen LogP contribution in [0.3, 0.4) is 0 Å². The first-order valence-electron chi connectivity index (χ1n) is 3.82. The van der Waals surface area contributed by atoms with Gasteiger partial charge >= 0.3 is 0 Å². The molecule has 0 fully saturated rings. The maximum absolute atomic E-state index is 12.9. The molecule has 1 aromatic carbocycles. The van der Waals surface area contributed by atoms with E-state index in [-0.39, 0.29) is 6.42 Å². The molecule has 0 saturated carbocycles. The molecule has 1 atom stereocenters. The standard InChI is InChI=1S/C9H9F3O/c1-5(13)4-6-7(10)2-3-8(11)9(6)12/h2-3,5,13H,4H2,1H3/t5-/m0/s1. The van der Waals surface area contributed by atoms with Gasteiger partial charge in [0.1, 0.15) is 5.82 Å². The lowest BCUT2D eigenvalue weighted by Gasteiger charge is -2.07. The zero-order valence-electron chi connectivity index (χ0n) is 7.02. The summed E-state index contributed by atoms with van der Waals surface area (Å²) < 4.78 is 38.4. The van der Waals surface area contributed by atoms with E-state index < -0.39 is 29.1 Å². The van der Waals surface area contributed by atoms with Gasteiger partial charge in [-0.3, -0.25) is 0 Å². The fourth-order valence-corrected chi connectivity index (χ4v) is 1.05. The van der Waals surface area contributed by atoms with Crippen molar-refractivity contribution in [1.82, 2.24) is 0 Å². The first kappa shape index (κ1) is 10.1. The first-order valence-corrected chi connectivity index (χ1v) is 3.82. The van der Waals surface area contributed by atoms with Crippen LogP contribution < -0.4 is 0 Å². The van der Waals surface area contributed by atoms with Gasteiger partial charge in [-0.1, -0.05) is 0 Å². The Balaban J connectivity index is 3.10. The summed E-state index contributed by atoms with van der Waals surface area (Å²) in [4.78, 5) is 0. The second-order valence-corrected chi connectivity index (χ2v) is 2.87. The minimum absolute atomic E-state index is 0.227. The quantitative estimate of drug-likeness (QED) is 0.707. The number of hydrogen-bond acceptors (Lipinski definition) is 1. The Hall–Kier alpha value is -1.03.